The monoisotopic (exact) mass is 267 g/mol. The van der Waals surface area contributed by atoms with Crippen molar-refractivity contribution in [3.05, 3.63) is 59.3 Å². The van der Waals surface area contributed by atoms with Gasteiger partial charge in [-0.1, -0.05) is 30.3 Å². The number of nitriles is 1. The summed E-state index contributed by atoms with van der Waals surface area (Å²) < 4.78 is 5.21. The van der Waals surface area contributed by atoms with Gasteiger partial charge in [0.2, 0.25) is 0 Å². The van der Waals surface area contributed by atoms with Gasteiger partial charge in [-0.25, -0.2) is 4.98 Å². The number of aryl methyl sites for hydroxylation is 1. The third-order valence-electron chi connectivity index (χ3n) is 2.59. The molecule has 0 unspecified atom stereocenters. The Bertz CT molecular complexity index is 666. The van der Waals surface area contributed by atoms with Crippen molar-refractivity contribution in [3.8, 4) is 6.07 Å². The van der Waals surface area contributed by atoms with E-state index in [4.69, 9.17) is 9.68 Å². The van der Waals surface area contributed by atoms with Crippen molar-refractivity contribution in [2.75, 3.05) is 0 Å². The van der Waals surface area contributed by atoms with Crippen molar-refractivity contribution in [1.82, 2.24) is 10.3 Å². The molecule has 1 aromatic carbocycles. The molecule has 20 heavy (non-hydrogen) atoms. The number of carbonyl (C=O) groups excluding carboxylic acids is 1. The number of hydrogen-bond donors (Lipinski definition) is 1. The molecular weight excluding hydrogens is 254 g/mol. The van der Waals surface area contributed by atoms with Crippen molar-refractivity contribution in [1.29, 1.82) is 5.26 Å². The first-order valence-electron chi connectivity index (χ1n) is 6.05. The van der Waals surface area contributed by atoms with Crippen LogP contribution in [0.5, 0.6) is 0 Å². The van der Waals surface area contributed by atoms with E-state index in [0.717, 1.165) is 5.56 Å². The minimum atomic E-state index is -0.439. The molecule has 2 aromatic rings. The van der Waals surface area contributed by atoms with E-state index >= 15 is 0 Å². The Hall–Kier alpha value is -2.87. The predicted octanol–water partition coefficient (Wildman–Crippen LogP) is 2.21. The summed E-state index contributed by atoms with van der Waals surface area (Å²) in [6.45, 7) is 2.06. The highest BCUT2D eigenvalue weighted by Gasteiger charge is 2.10. The average molecular weight is 267 g/mol. The van der Waals surface area contributed by atoms with E-state index in [-0.39, 0.29) is 5.57 Å². The number of nitrogens with zero attached hydrogens (tertiary/aromatic N) is 2. The quantitative estimate of drug-likeness (QED) is 0.680. The van der Waals surface area contributed by atoms with Gasteiger partial charge < -0.3 is 9.73 Å². The fourth-order valence-corrected chi connectivity index (χ4v) is 1.61. The maximum Gasteiger partial charge on any atom is 0.262 e. The number of aromatic nitrogens is 1. The van der Waals surface area contributed by atoms with Gasteiger partial charge in [0.15, 0.2) is 5.89 Å². The number of hydrogen-bond acceptors (Lipinski definition) is 4. The first-order valence-corrected chi connectivity index (χ1v) is 6.05. The first kappa shape index (κ1) is 13.6. The van der Waals surface area contributed by atoms with Crippen molar-refractivity contribution in [2.24, 2.45) is 0 Å². The fourth-order valence-electron chi connectivity index (χ4n) is 1.61. The first-order chi connectivity index (χ1) is 9.69. The molecule has 100 valence electrons. The van der Waals surface area contributed by atoms with Gasteiger partial charge in [0.1, 0.15) is 17.4 Å². The maximum atomic E-state index is 11.9. The van der Waals surface area contributed by atoms with Crippen LogP contribution in [0.15, 0.2) is 46.5 Å². The molecule has 0 saturated carbocycles. The number of nitrogens with one attached hydrogen (secondary N) is 1. The highest BCUT2D eigenvalue weighted by molar-refractivity contribution is 6.01. The Labute approximate surface area is 116 Å². The lowest BCUT2D eigenvalue weighted by molar-refractivity contribution is -0.117. The summed E-state index contributed by atoms with van der Waals surface area (Å²) in [6, 6.07) is 11.3. The van der Waals surface area contributed by atoms with Crippen LogP contribution in [0.25, 0.3) is 6.08 Å². The van der Waals surface area contributed by atoms with Gasteiger partial charge in [-0.3, -0.25) is 4.79 Å². The normalized spacial score (nSPS) is 10.9. The second kappa shape index (κ2) is 6.34. The van der Waals surface area contributed by atoms with Crippen LogP contribution in [0.4, 0.5) is 0 Å². The molecule has 0 spiro atoms. The Kier molecular flexibility index (Phi) is 4.30. The topological polar surface area (TPSA) is 78.9 Å². The third-order valence-corrected chi connectivity index (χ3v) is 2.59. The zero-order valence-electron chi connectivity index (χ0n) is 11.0. The van der Waals surface area contributed by atoms with E-state index in [1.807, 2.05) is 36.4 Å². The van der Waals surface area contributed by atoms with E-state index in [1.54, 1.807) is 6.92 Å². The van der Waals surface area contributed by atoms with Crippen molar-refractivity contribution in [3.63, 3.8) is 0 Å². The van der Waals surface area contributed by atoms with E-state index < -0.39 is 5.91 Å². The van der Waals surface area contributed by atoms with Gasteiger partial charge in [0, 0.05) is 19.5 Å². The predicted molar refractivity (Wildman–Crippen MR) is 73.1 cm³/mol. The minimum absolute atomic E-state index is 0.0166. The van der Waals surface area contributed by atoms with Gasteiger partial charge in [-0.05, 0) is 5.56 Å². The molecular formula is C15H13N3O2. The highest BCUT2D eigenvalue weighted by Crippen LogP contribution is 2.08. The number of benzene rings is 1. The molecule has 5 heteroatoms. The van der Waals surface area contributed by atoms with Crippen LogP contribution in [0.3, 0.4) is 0 Å². The third kappa shape index (κ3) is 3.56. The Morgan fingerprint density at radius 2 is 2.20 bits per heavy atom. The van der Waals surface area contributed by atoms with Crippen LogP contribution < -0.4 is 5.32 Å². The number of carbonyl (C=O) groups is 1. The Morgan fingerprint density at radius 1 is 1.45 bits per heavy atom. The lowest BCUT2D eigenvalue weighted by Gasteiger charge is -2.03. The van der Waals surface area contributed by atoms with Crippen molar-refractivity contribution >= 4 is 12.0 Å². The van der Waals surface area contributed by atoms with Gasteiger partial charge >= 0.3 is 0 Å². The molecule has 1 amide bonds. The maximum absolute atomic E-state index is 11.9. The molecule has 0 bridgehead atoms. The zero-order chi connectivity index (χ0) is 14.4. The molecule has 0 atom stereocenters. The van der Waals surface area contributed by atoms with Crippen molar-refractivity contribution in [2.45, 2.75) is 13.5 Å². The molecule has 0 aliphatic carbocycles. The van der Waals surface area contributed by atoms with Crippen LogP contribution in [0, 0.1) is 18.3 Å². The molecule has 1 N–H and O–H groups in total. The number of amides is 1. The molecule has 0 saturated heterocycles. The van der Waals surface area contributed by atoms with Gasteiger partial charge in [-0.15, -0.1) is 0 Å². The number of oxazole rings is 1. The smallest absolute Gasteiger partial charge is 0.262 e. The van der Waals surface area contributed by atoms with Crippen LogP contribution >= 0.6 is 0 Å². The fraction of sp³-hybridized carbons (Fsp3) is 0.133. The summed E-state index contributed by atoms with van der Waals surface area (Å²) in [5, 5.41) is 11.7. The molecule has 1 aromatic heterocycles. The SMILES string of the molecule is Cc1ncc(/C=C(/C#N)C(=O)NCc2ccccc2)o1. The largest absolute Gasteiger partial charge is 0.442 e. The summed E-state index contributed by atoms with van der Waals surface area (Å²) in [6.07, 6.45) is 2.84. The van der Waals surface area contributed by atoms with Crippen LogP contribution in [-0.4, -0.2) is 10.9 Å². The van der Waals surface area contributed by atoms with Crippen LogP contribution in [-0.2, 0) is 11.3 Å². The Morgan fingerprint density at radius 3 is 2.80 bits per heavy atom. The zero-order valence-corrected chi connectivity index (χ0v) is 11.0. The van der Waals surface area contributed by atoms with E-state index in [0.29, 0.717) is 18.2 Å². The second-order valence-electron chi connectivity index (χ2n) is 4.12. The lowest BCUT2D eigenvalue weighted by atomic mass is 10.2. The molecule has 2 rings (SSSR count). The van der Waals surface area contributed by atoms with Gasteiger partial charge in [-0.2, -0.15) is 5.26 Å². The summed E-state index contributed by atoms with van der Waals surface area (Å²) in [5.74, 6) is 0.428. The average Bonchev–Trinajstić information content (AvgIpc) is 2.88. The van der Waals surface area contributed by atoms with E-state index in [1.165, 1.54) is 12.3 Å². The van der Waals surface area contributed by atoms with Crippen molar-refractivity contribution < 1.29 is 9.21 Å². The van der Waals surface area contributed by atoms with E-state index in [2.05, 4.69) is 10.3 Å². The summed E-state index contributed by atoms with van der Waals surface area (Å²) in [4.78, 5) is 15.8. The van der Waals surface area contributed by atoms with Gasteiger partial charge in [0.05, 0.1) is 6.20 Å². The highest BCUT2D eigenvalue weighted by atomic mass is 16.3. The van der Waals surface area contributed by atoms with Gasteiger partial charge in [0.25, 0.3) is 5.91 Å². The summed E-state index contributed by atoms with van der Waals surface area (Å²) >= 11 is 0. The van der Waals surface area contributed by atoms with Crippen LogP contribution in [0.1, 0.15) is 17.2 Å². The molecule has 0 fully saturated rings. The molecule has 0 radical (unpaired) electrons. The second-order valence-corrected chi connectivity index (χ2v) is 4.12. The molecule has 0 aliphatic heterocycles. The molecule has 0 aliphatic rings. The lowest BCUT2D eigenvalue weighted by Crippen LogP contribution is -2.23. The van der Waals surface area contributed by atoms with Crippen LogP contribution in [0.2, 0.25) is 0 Å². The minimum Gasteiger partial charge on any atom is -0.442 e. The summed E-state index contributed by atoms with van der Waals surface area (Å²) in [7, 11) is 0. The Balaban J connectivity index is 2.03. The molecule has 5 nitrogen and oxygen atoms in total. The number of rotatable bonds is 4. The van der Waals surface area contributed by atoms with E-state index in [9.17, 15) is 4.79 Å². The molecule has 1 heterocycles. The standard InChI is InChI=1S/C15H13N3O2/c1-11-17-10-14(20-11)7-13(8-16)15(19)18-9-12-5-3-2-4-6-12/h2-7,10H,9H2,1H3,(H,18,19)/b13-7-. The summed E-state index contributed by atoms with van der Waals surface area (Å²) in [5.41, 5.74) is 0.950.